The molecule has 1 saturated carbocycles. The summed E-state index contributed by atoms with van der Waals surface area (Å²) in [6, 6.07) is 10.4. The van der Waals surface area contributed by atoms with Gasteiger partial charge in [-0.3, -0.25) is 9.59 Å². The van der Waals surface area contributed by atoms with E-state index in [1.165, 1.54) is 12.1 Å². The van der Waals surface area contributed by atoms with Gasteiger partial charge < -0.3 is 10.4 Å². The van der Waals surface area contributed by atoms with E-state index in [0.717, 1.165) is 16.7 Å². The van der Waals surface area contributed by atoms with Crippen molar-refractivity contribution in [1.82, 2.24) is 5.32 Å². The van der Waals surface area contributed by atoms with Gasteiger partial charge in [0.25, 0.3) is 5.91 Å². The Balaban J connectivity index is 1.76. The van der Waals surface area contributed by atoms with Crippen LogP contribution >= 0.6 is 0 Å². The maximum Gasteiger partial charge on any atom is 0.311 e. The van der Waals surface area contributed by atoms with Crippen LogP contribution in [-0.2, 0) is 4.79 Å². The van der Waals surface area contributed by atoms with E-state index >= 15 is 0 Å². The number of carboxylic acids is 1. The Hall–Kier alpha value is -2.69. The number of hydrogen-bond acceptors (Lipinski definition) is 2. The van der Waals surface area contributed by atoms with Gasteiger partial charge >= 0.3 is 5.97 Å². The molecule has 1 amide bonds. The molecule has 0 atom stereocenters. The zero-order chi connectivity index (χ0) is 18.2. The van der Waals surface area contributed by atoms with Gasteiger partial charge in [0.2, 0.25) is 0 Å². The van der Waals surface area contributed by atoms with E-state index < -0.39 is 23.1 Å². The largest absolute Gasteiger partial charge is 0.481 e. The standard InChI is InChI=1S/C20H20FNO3/c1-12-3-4-14(9-13(12)2)15-5-6-16(17(21)10-15)18(23)22-11-20(7-8-20)19(24)25/h3-6,9-10H,7-8,11H2,1-2H3,(H,22,23)(H,24,25). The number of carbonyl (C=O) groups is 2. The van der Waals surface area contributed by atoms with Crippen LogP contribution in [0.25, 0.3) is 11.1 Å². The fraction of sp³-hybridized carbons (Fsp3) is 0.300. The quantitative estimate of drug-likeness (QED) is 0.871. The highest BCUT2D eigenvalue weighted by Gasteiger charge is 2.50. The number of carbonyl (C=O) groups excluding carboxylic acids is 1. The first-order valence-electron chi connectivity index (χ1n) is 8.21. The zero-order valence-electron chi connectivity index (χ0n) is 14.2. The molecule has 0 unspecified atom stereocenters. The Labute approximate surface area is 145 Å². The van der Waals surface area contributed by atoms with Crippen molar-refractivity contribution in [2.75, 3.05) is 6.54 Å². The molecule has 2 aromatic carbocycles. The molecule has 0 aliphatic heterocycles. The summed E-state index contributed by atoms with van der Waals surface area (Å²) in [6.07, 6.45) is 1.08. The van der Waals surface area contributed by atoms with Gasteiger partial charge in [-0.05, 0) is 61.1 Å². The molecule has 3 rings (SSSR count). The van der Waals surface area contributed by atoms with Gasteiger partial charge in [0.1, 0.15) is 5.82 Å². The molecular formula is C20H20FNO3. The number of carboxylic acid groups (broad SMARTS) is 1. The SMILES string of the molecule is Cc1ccc(-c2ccc(C(=O)NCC3(C(=O)O)CC3)c(F)c2)cc1C. The van der Waals surface area contributed by atoms with Crippen LogP contribution in [-0.4, -0.2) is 23.5 Å². The zero-order valence-corrected chi connectivity index (χ0v) is 14.2. The number of benzene rings is 2. The summed E-state index contributed by atoms with van der Waals surface area (Å²) < 4.78 is 14.4. The van der Waals surface area contributed by atoms with Gasteiger partial charge in [-0.1, -0.05) is 24.3 Å². The van der Waals surface area contributed by atoms with Crippen molar-refractivity contribution in [3.05, 3.63) is 58.9 Å². The summed E-state index contributed by atoms with van der Waals surface area (Å²) >= 11 is 0. The van der Waals surface area contributed by atoms with Crippen molar-refractivity contribution in [2.45, 2.75) is 26.7 Å². The second kappa shape index (κ2) is 6.31. The minimum atomic E-state index is -0.918. The Morgan fingerprint density at radius 3 is 2.28 bits per heavy atom. The van der Waals surface area contributed by atoms with E-state index in [9.17, 15) is 14.0 Å². The monoisotopic (exact) mass is 341 g/mol. The van der Waals surface area contributed by atoms with Gasteiger partial charge in [0.05, 0.1) is 11.0 Å². The van der Waals surface area contributed by atoms with Crippen LogP contribution in [0.3, 0.4) is 0 Å². The van der Waals surface area contributed by atoms with Crippen molar-refractivity contribution < 1.29 is 19.1 Å². The smallest absolute Gasteiger partial charge is 0.311 e. The van der Waals surface area contributed by atoms with Crippen LogP contribution in [0.4, 0.5) is 4.39 Å². The fourth-order valence-electron chi connectivity index (χ4n) is 2.76. The Morgan fingerprint density at radius 1 is 1.08 bits per heavy atom. The average Bonchev–Trinajstić information content (AvgIpc) is 3.36. The van der Waals surface area contributed by atoms with Crippen molar-refractivity contribution in [3.63, 3.8) is 0 Å². The summed E-state index contributed by atoms with van der Waals surface area (Å²) in [5.41, 5.74) is 2.91. The summed E-state index contributed by atoms with van der Waals surface area (Å²) in [7, 11) is 0. The fourth-order valence-corrected chi connectivity index (χ4v) is 2.76. The summed E-state index contributed by atoms with van der Waals surface area (Å²) in [5, 5.41) is 11.7. The van der Waals surface area contributed by atoms with E-state index in [1.807, 2.05) is 32.0 Å². The van der Waals surface area contributed by atoms with Crippen LogP contribution in [0.2, 0.25) is 0 Å². The van der Waals surface area contributed by atoms with Gasteiger partial charge in [0.15, 0.2) is 0 Å². The number of rotatable bonds is 5. The first-order chi connectivity index (χ1) is 11.8. The molecule has 0 spiro atoms. The molecule has 4 nitrogen and oxygen atoms in total. The van der Waals surface area contributed by atoms with Crippen molar-refractivity contribution >= 4 is 11.9 Å². The van der Waals surface area contributed by atoms with Crippen molar-refractivity contribution in [3.8, 4) is 11.1 Å². The summed E-state index contributed by atoms with van der Waals surface area (Å²) in [5.74, 6) is -2.12. The van der Waals surface area contributed by atoms with Gasteiger partial charge in [-0.25, -0.2) is 4.39 Å². The highest BCUT2D eigenvalue weighted by atomic mass is 19.1. The lowest BCUT2D eigenvalue weighted by molar-refractivity contribution is -0.143. The molecule has 1 aliphatic carbocycles. The normalized spacial score (nSPS) is 14.8. The molecule has 0 bridgehead atoms. The Kier molecular flexibility index (Phi) is 4.33. The van der Waals surface area contributed by atoms with E-state index in [-0.39, 0.29) is 12.1 Å². The van der Waals surface area contributed by atoms with Gasteiger partial charge in [-0.2, -0.15) is 0 Å². The Morgan fingerprint density at radius 2 is 1.72 bits per heavy atom. The molecule has 2 N–H and O–H groups in total. The van der Waals surface area contributed by atoms with Crippen molar-refractivity contribution in [1.29, 1.82) is 0 Å². The van der Waals surface area contributed by atoms with Crippen LogP contribution < -0.4 is 5.32 Å². The number of amides is 1. The molecule has 1 aliphatic rings. The van der Waals surface area contributed by atoms with E-state index in [2.05, 4.69) is 5.32 Å². The number of hydrogen-bond donors (Lipinski definition) is 2. The van der Waals surface area contributed by atoms with Crippen LogP contribution in [0.15, 0.2) is 36.4 Å². The molecule has 25 heavy (non-hydrogen) atoms. The first-order valence-corrected chi connectivity index (χ1v) is 8.21. The first kappa shape index (κ1) is 17.1. The lowest BCUT2D eigenvalue weighted by atomic mass is 9.99. The predicted molar refractivity (Wildman–Crippen MR) is 92.9 cm³/mol. The molecule has 0 radical (unpaired) electrons. The third-order valence-electron chi connectivity index (χ3n) is 4.95. The van der Waals surface area contributed by atoms with Gasteiger partial charge in [-0.15, -0.1) is 0 Å². The lowest BCUT2D eigenvalue weighted by Gasteiger charge is -2.12. The third kappa shape index (κ3) is 3.40. The number of aryl methyl sites for hydroxylation is 2. The molecule has 1 fully saturated rings. The molecule has 130 valence electrons. The molecule has 5 heteroatoms. The summed E-state index contributed by atoms with van der Waals surface area (Å²) in [4.78, 5) is 23.3. The highest BCUT2D eigenvalue weighted by molar-refractivity contribution is 5.95. The van der Waals surface area contributed by atoms with Crippen molar-refractivity contribution in [2.24, 2.45) is 5.41 Å². The summed E-state index contributed by atoms with van der Waals surface area (Å²) in [6.45, 7) is 4.03. The second-order valence-corrected chi connectivity index (χ2v) is 6.76. The molecular weight excluding hydrogens is 321 g/mol. The van der Waals surface area contributed by atoms with E-state index in [0.29, 0.717) is 18.4 Å². The predicted octanol–water partition coefficient (Wildman–Crippen LogP) is 3.70. The minimum Gasteiger partial charge on any atom is -0.481 e. The molecule has 2 aromatic rings. The van der Waals surface area contributed by atoms with E-state index in [4.69, 9.17) is 5.11 Å². The number of nitrogens with one attached hydrogen (secondary N) is 1. The maximum atomic E-state index is 14.4. The van der Waals surface area contributed by atoms with Crippen LogP contribution in [0, 0.1) is 25.1 Å². The van der Waals surface area contributed by atoms with Crippen LogP contribution in [0.5, 0.6) is 0 Å². The number of aliphatic carboxylic acids is 1. The topological polar surface area (TPSA) is 66.4 Å². The average molecular weight is 341 g/mol. The molecule has 0 saturated heterocycles. The molecule has 0 aromatic heterocycles. The van der Waals surface area contributed by atoms with Gasteiger partial charge in [0, 0.05) is 6.54 Å². The number of halogens is 1. The van der Waals surface area contributed by atoms with Crippen LogP contribution in [0.1, 0.15) is 34.3 Å². The molecule has 0 heterocycles. The lowest BCUT2D eigenvalue weighted by Crippen LogP contribution is -2.34. The maximum absolute atomic E-state index is 14.4. The highest BCUT2D eigenvalue weighted by Crippen LogP contribution is 2.45. The second-order valence-electron chi connectivity index (χ2n) is 6.76. The van der Waals surface area contributed by atoms with E-state index in [1.54, 1.807) is 6.07 Å². The minimum absolute atomic E-state index is 0.0273. The third-order valence-corrected chi connectivity index (χ3v) is 4.95. The Bertz CT molecular complexity index is 856.